The maximum absolute atomic E-state index is 11.0. The zero-order valence-corrected chi connectivity index (χ0v) is 6.96. The molecule has 1 N–H and O–H groups in total. The molecule has 4 nitrogen and oxygen atoms in total. The van der Waals surface area contributed by atoms with Gasteiger partial charge in [0, 0.05) is 13.1 Å². The molecule has 0 aromatic rings. The Morgan fingerprint density at radius 1 is 1.82 bits per heavy atom. The van der Waals surface area contributed by atoms with E-state index in [-0.39, 0.29) is 12.2 Å². The molecule has 1 aliphatic heterocycles. The zero-order chi connectivity index (χ0) is 8.27. The van der Waals surface area contributed by atoms with Gasteiger partial charge in [0.2, 0.25) is 0 Å². The van der Waals surface area contributed by atoms with E-state index in [0.29, 0.717) is 0 Å². The Labute approximate surface area is 66.5 Å². The van der Waals surface area contributed by atoms with Crippen molar-refractivity contribution in [2.24, 2.45) is 0 Å². The van der Waals surface area contributed by atoms with Crippen LogP contribution in [0.1, 0.15) is 6.92 Å². The van der Waals surface area contributed by atoms with E-state index in [4.69, 9.17) is 4.74 Å². The maximum atomic E-state index is 11.0. The molecule has 1 saturated heterocycles. The monoisotopic (exact) mass is 158 g/mol. The van der Waals surface area contributed by atoms with Crippen molar-refractivity contribution in [2.75, 3.05) is 26.7 Å². The number of amides is 1. The molecule has 0 aromatic carbocycles. The van der Waals surface area contributed by atoms with E-state index in [1.54, 1.807) is 4.90 Å². The number of rotatable bonds is 3. The Hall–Kier alpha value is -0.770. The Kier molecular flexibility index (Phi) is 2.70. The van der Waals surface area contributed by atoms with Crippen LogP contribution in [0, 0.1) is 0 Å². The van der Waals surface area contributed by atoms with Gasteiger partial charge in [-0.15, -0.1) is 0 Å². The van der Waals surface area contributed by atoms with Gasteiger partial charge in [0.1, 0.15) is 6.10 Å². The van der Waals surface area contributed by atoms with Crippen LogP contribution in [0.4, 0.5) is 4.79 Å². The van der Waals surface area contributed by atoms with Crippen LogP contribution >= 0.6 is 0 Å². The molecule has 0 saturated carbocycles. The lowest BCUT2D eigenvalue weighted by molar-refractivity contribution is 0.133. The molecule has 4 heteroatoms. The van der Waals surface area contributed by atoms with Crippen LogP contribution in [0.15, 0.2) is 0 Å². The van der Waals surface area contributed by atoms with Crippen LogP contribution < -0.4 is 5.32 Å². The molecule has 1 unspecified atom stereocenters. The first-order chi connectivity index (χ1) is 5.27. The molecule has 1 atom stereocenters. The van der Waals surface area contributed by atoms with Gasteiger partial charge in [0.05, 0.1) is 6.54 Å². The van der Waals surface area contributed by atoms with Crippen molar-refractivity contribution >= 4 is 6.09 Å². The van der Waals surface area contributed by atoms with Crippen LogP contribution in [0.3, 0.4) is 0 Å². The summed E-state index contributed by atoms with van der Waals surface area (Å²) in [5.41, 5.74) is 0. The number of carbonyl (C=O) groups excluding carboxylic acids is 1. The number of ether oxygens (including phenoxy) is 1. The highest BCUT2D eigenvalue weighted by Crippen LogP contribution is 2.09. The SMILES string of the molecule is CCN1CC(CNC)OC1=O. The van der Waals surface area contributed by atoms with Crippen molar-refractivity contribution in [1.82, 2.24) is 10.2 Å². The van der Waals surface area contributed by atoms with E-state index >= 15 is 0 Å². The van der Waals surface area contributed by atoms with E-state index in [2.05, 4.69) is 5.32 Å². The summed E-state index contributed by atoms with van der Waals surface area (Å²) in [5, 5.41) is 2.97. The third-order valence-electron chi connectivity index (χ3n) is 1.76. The summed E-state index contributed by atoms with van der Waals surface area (Å²) in [6.07, 6.45) is -0.153. The first-order valence-corrected chi connectivity index (χ1v) is 3.88. The number of hydrogen-bond acceptors (Lipinski definition) is 3. The largest absolute Gasteiger partial charge is 0.443 e. The minimum Gasteiger partial charge on any atom is -0.443 e. The smallest absolute Gasteiger partial charge is 0.410 e. The van der Waals surface area contributed by atoms with Gasteiger partial charge in [0.15, 0.2) is 0 Å². The van der Waals surface area contributed by atoms with E-state index in [0.717, 1.165) is 19.6 Å². The fourth-order valence-electron chi connectivity index (χ4n) is 1.17. The van der Waals surface area contributed by atoms with Crippen LogP contribution in [-0.4, -0.2) is 43.8 Å². The number of carbonyl (C=O) groups is 1. The molecular formula is C7H14N2O2. The van der Waals surface area contributed by atoms with Gasteiger partial charge in [0.25, 0.3) is 0 Å². The van der Waals surface area contributed by atoms with Gasteiger partial charge in [-0.2, -0.15) is 0 Å². The zero-order valence-electron chi connectivity index (χ0n) is 6.96. The Morgan fingerprint density at radius 3 is 3.00 bits per heavy atom. The average Bonchev–Trinajstić information content (AvgIpc) is 2.32. The minimum absolute atomic E-state index is 0.0347. The summed E-state index contributed by atoms with van der Waals surface area (Å²) in [4.78, 5) is 12.7. The number of hydrogen-bond donors (Lipinski definition) is 1. The summed E-state index contributed by atoms with van der Waals surface area (Å²) in [7, 11) is 1.85. The van der Waals surface area contributed by atoms with Crippen LogP contribution in [0.2, 0.25) is 0 Å². The topological polar surface area (TPSA) is 41.6 Å². The molecule has 64 valence electrons. The number of nitrogens with one attached hydrogen (secondary N) is 1. The van der Waals surface area contributed by atoms with Crippen LogP contribution in [-0.2, 0) is 4.74 Å². The van der Waals surface area contributed by atoms with Gasteiger partial charge in [-0.1, -0.05) is 0 Å². The summed E-state index contributed by atoms with van der Waals surface area (Å²) < 4.78 is 5.03. The lowest BCUT2D eigenvalue weighted by atomic mass is 10.3. The summed E-state index contributed by atoms with van der Waals surface area (Å²) in [5.74, 6) is 0. The molecule has 0 aliphatic carbocycles. The van der Waals surface area contributed by atoms with E-state index < -0.39 is 0 Å². The first-order valence-electron chi connectivity index (χ1n) is 3.88. The van der Waals surface area contributed by atoms with E-state index in [9.17, 15) is 4.79 Å². The second kappa shape index (κ2) is 3.57. The van der Waals surface area contributed by atoms with E-state index in [1.807, 2.05) is 14.0 Å². The molecule has 0 aromatic heterocycles. The predicted molar refractivity (Wildman–Crippen MR) is 41.4 cm³/mol. The first kappa shape index (κ1) is 8.33. The fourth-order valence-corrected chi connectivity index (χ4v) is 1.17. The highest BCUT2D eigenvalue weighted by Gasteiger charge is 2.28. The highest BCUT2D eigenvalue weighted by molar-refractivity contribution is 5.69. The molecule has 0 radical (unpaired) electrons. The highest BCUT2D eigenvalue weighted by atomic mass is 16.6. The molecule has 1 heterocycles. The van der Waals surface area contributed by atoms with Crippen molar-refractivity contribution in [3.8, 4) is 0 Å². The average molecular weight is 158 g/mol. The molecule has 1 rings (SSSR count). The van der Waals surface area contributed by atoms with Crippen molar-refractivity contribution in [3.63, 3.8) is 0 Å². The third kappa shape index (κ3) is 1.83. The number of cyclic esters (lactones) is 1. The lowest BCUT2D eigenvalue weighted by Crippen LogP contribution is -2.28. The molecule has 1 amide bonds. The van der Waals surface area contributed by atoms with Gasteiger partial charge < -0.3 is 15.0 Å². The van der Waals surface area contributed by atoms with Gasteiger partial charge >= 0.3 is 6.09 Å². The van der Waals surface area contributed by atoms with Gasteiger partial charge in [-0.3, -0.25) is 0 Å². The number of nitrogens with zero attached hydrogens (tertiary/aromatic N) is 1. The minimum atomic E-state index is -0.187. The van der Waals surface area contributed by atoms with Crippen LogP contribution in [0.5, 0.6) is 0 Å². The Balaban J connectivity index is 2.36. The third-order valence-corrected chi connectivity index (χ3v) is 1.76. The predicted octanol–water partition coefficient (Wildman–Crippen LogP) is 0.0465. The second-order valence-corrected chi connectivity index (χ2v) is 2.60. The Bertz CT molecular complexity index is 149. The fraction of sp³-hybridized carbons (Fsp3) is 0.857. The normalized spacial score (nSPS) is 24.0. The maximum Gasteiger partial charge on any atom is 0.410 e. The van der Waals surface area contributed by atoms with Gasteiger partial charge in [-0.05, 0) is 14.0 Å². The van der Waals surface area contributed by atoms with Crippen molar-refractivity contribution in [3.05, 3.63) is 0 Å². The molecule has 0 spiro atoms. The molecular weight excluding hydrogens is 144 g/mol. The molecule has 1 fully saturated rings. The van der Waals surface area contributed by atoms with Gasteiger partial charge in [-0.25, -0.2) is 4.79 Å². The van der Waals surface area contributed by atoms with Crippen molar-refractivity contribution in [2.45, 2.75) is 13.0 Å². The number of likely N-dealkylation sites (N-methyl/N-ethyl adjacent to an activating group) is 2. The molecule has 1 aliphatic rings. The van der Waals surface area contributed by atoms with Crippen molar-refractivity contribution < 1.29 is 9.53 Å². The second-order valence-electron chi connectivity index (χ2n) is 2.60. The summed E-state index contributed by atoms with van der Waals surface area (Å²) in [6.45, 7) is 4.14. The molecule has 0 bridgehead atoms. The molecule has 11 heavy (non-hydrogen) atoms. The van der Waals surface area contributed by atoms with E-state index in [1.165, 1.54) is 0 Å². The Morgan fingerprint density at radius 2 is 2.55 bits per heavy atom. The quantitative estimate of drug-likeness (QED) is 0.631. The van der Waals surface area contributed by atoms with Crippen LogP contribution in [0.25, 0.3) is 0 Å². The lowest BCUT2D eigenvalue weighted by Gasteiger charge is -2.07. The van der Waals surface area contributed by atoms with Crippen molar-refractivity contribution in [1.29, 1.82) is 0 Å². The standard InChI is InChI=1S/C7H14N2O2/c1-3-9-5-6(4-8-2)11-7(9)10/h6,8H,3-5H2,1-2H3. The summed E-state index contributed by atoms with van der Waals surface area (Å²) >= 11 is 0. The summed E-state index contributed by atoms with van der Waals surface area (Å²) in [6, 6.07) is 0.